The number of benzene rings is 2. The van der Waals surface area contributed by atoms with Crippen molar-refractivity contribution in [2.75, 3.05) is 25.7 Å². The molecule has 2 aromatic carbocycles. The highest BCUT2D eigenvalue weighted by atomic mass is 16.5. The fourth-order valence-corrected chi connectivity index (χ4v) is 3.46. The van der Waals surface area contributed by atoms with Gasteiger partial charge in [-0.05, 0) is 36.4 Å². The van der Waals surface area contributed by atoms with E-state index in [2.05, 4.69) is 4.98 Å². The Hall–Kier alpha value is -3.81. The van der Waals surface area contributed by atoms with E-state index in [0.29, 0.717) is 28.4 Å². The number of carbonyl (C=O) groups excluding carboxylic acids is 1. The minimum atomic E-state index is -0.426. The third-order valence-electron chi connectivity index (χ3n) is 5.01. The minimum absolute atomic E-state index is 0.0671. The summed E-state index contributed by atoms with van der Waals surface area (Å²) < 4.78 is 11.8. The number of esters is 1. The van der Waals surface area contributed by atoms with Crippen LogP contribution in [0.25, 0.3) is 16.6 Å². The number of fused-ring (bicyclic) bond motifs is 1. The predicted octanol–water partition coefficient (Wildman–Crippen LogP) is 3.14. The Labute approximate surface area is 167 Å². The highest BCUT2D eigenvalue weighted by Gasteiger charge is 2.32. The molecule has 148 valence electrons. The van der Waals surface area contributed by atoms with Gasteiger partial charge in [0, 0.05) is 18.8 Å². The number of imidazole rings is 1. The van der Waals surface area contributed by atoms with Gasteiger partial charge in [-0.1, -0.05) is 0 Å². The van der Waals surface area contributed by atoms with Gasteiger partial charge >= 0.3 is 5.97 Å². The topological polar surface area (TPSA) is 101 Å². The molecule has 8 heteroatoms. The first-order valence-corrected chi connectivity index (χ1v) is 8.92. The van der Waals surface area contributed by atoms with E-state index >= 15 is 0 Å². The fourth-order valence-electron chi connectivity index (χ4n) is 3.46. The summed E-state index contributed by atoms with van der Waals surface area (Å²) in [5.74, 6) is 0.972. The molecule has 29 heavy (non-hydrogen) atoms. The van der Waals surface area contributed by atoms with Gasteiger partial charge < -0.3 is 24.0 Å². The van der Waals surface area contributed by atoms with Crippen molar-refractivity contribution in [2.24, 2.45) is 7.05 Å². The summed E-state index contributed by atoms with van der Waals surface area (Å²) in [4.78, 5) is 17.9. The number of rotatable bonds is 4. The van der Waals surface area contributed by atoms with Gasteiger partial charge in [-0.15, -0.1) is 0 Å². The molecule has 0 atom stereocenters. The van der Waals surface area contributed by atoms with Crippen LogP contribution in [0.1, 0.15) is 16.2 Å². The van der Waals surface area contributed by atoms with E-state index in [-0.39, 0.29) is 18.1 Å². The Morgan fingerprint density at radius 2 is 1.90 bits per heavy atom. The summed E-state index contributed by atoms with van der Waals surface area (Å²) in [6, 6.07) is 12.3. The van der Waals surface area contributed by atoms with Crippen LogP contribution in [-0.4, -0.2) is 47.2 Å². The number of ether oxygens (including phenoxy) is 2. The molecule has 0 fully saturated rings. The van der Waals surface area contributed by atoms with Crippen molar-refractivity contribution in [3.63, 3.8) is 0 Å². The average molecular weight is 392 g/mol. The van der Waals surface area contributed by atoms with Crippen LogP contribution in [-0.2, 0) is 11.8 Å². The van der Waals surface area contributed by atoms with Crippen molar-refractivity contribution in [3.8, 4) is 5.75 Å². The fraction of sp³-hybridized carbons (Fsp3) is 0.190. The molecule has 0 bridgehead atoms. The number of hydrogen-bond donors (Lipinski definition) is 2. The van der Waals surface area contributed by atoms with Gasteiger partial charge in [0.05, 0.1) is 42.9 Å². The molecule has 0 spiro atoms. The quantitative estimate of drug-likeness (QED) is 0.662. The number of anilines is 1. The number of nitrogens with zero attached hydrogens (tertiary/aromatic N) is 3. The van der Waals surface area contributed by atoms with Crippen molar-refractivity contribution in [1.82, 2.24) is 9.55 Å². The lowest BCUT2D eigenvalue weighted by Crippen LogP contribution is -2.26. The largest absolute Gasteiger partial charge is 0.509 e. The van der Waals surface area contributed by atoms with E-state index in [0.717, 1.165) is 11.0 Å². The molecular weight excluding hydrogens is 372 g/mol. The zero-order valence-corrected chi connectivity index (χ0v) is 16.3. The molecule has 3 aromatic rings. The van der Waals surface area contributed by atoms with Crippen LogP contribution in [0.3, 0.4) is 0 Å². The molecule has 0 saturated carbocycles. The van der Waals surface area contributed by atoms with E-state index in [1.807, 2.05) is 29.8 Å². The lowest BCUT2D eigenvalue weighted by atomic mass is 10.2. The number of aliphatic hydroxyl groups excluding tert-OH is 1. The average Bonchev–Trinajstić information content (AvgIpc) is 3.22. The molecular formula is C21H20N4O4. The maximum Gasteiger partial charge on any atom is 0.337 e. The second-order valence-corrected chi connectivity index (χ2v) is 6.64. The number of aliphatic hydroxyl groups is 1. The van der Waals surface area contributed by atoms with Crippen LogP contribution in [0, 0.1) is 5.41 Å². The number of methoxy groups -OCH3 is 2. The summed E-state index contributed by atoms with van der Waals surface area (Å²) in [7, 11) is 4.76. The van der Waals surface area contributed by atoms with Crippen molar-refractivity contribution in [3.05, 3.63) is 59.6 Å². The Kier molecular flexibility index (Phi) is 4.46. The van der Waals surface area contributed by atoms with Gasteiger partial charge in [0.15, 0.2) is 0 Å². The molecule has 0 radical (unpaired) electrons. The van der Waals surface area contributed by atoms with Gasteiger partial charge in [0.1, 0.15) is 23.2 Å². The first kappa shape index (κ1) is 18.5. The number of nitrogens with one attached hydrogen (secondary N) is 1. The normalized spacial score (nSPS) is 14.0. The van der Waals surface area contributed by atoms with E-state index in [9.17, 15) is 9.90 Å². The molecule has 0 aliphatic carbocycles. The smallest absolute Gasteiger partial charge is 0.337 e. The molecule has 0 saturated heterocycles. The van der Waals surface area contributed by atoms with Crippen LogP contribution < -0.4 is 9.64 Å². The number of amidine groups is 1. The molecule has 8 nitrogen and oxygen atoms in total. The molecule has 1 aromatic heterocycles. The van der Waals surface area contributed by atoms with Crippen LogP contribution in [0.2, 0.25) is 0 Å². The molecule has 0 amide bonds. The first-order valence-electron chi connectivity index (χ1n) is 8.92. The van der Waals surface area contributed by atoms with Crippen LogP contribution in [0.4, 0.5) is 5.69 Å². The lowest BCUT2D eigenvalue weighted by Gasteiger charge is -2.19. The second-order valence-electron chi connectivity index (χ2n) is 6.64. The Morgan fingerprint density at radius 1 is 1.17 bits per heavy atom. The zero-order chi connectivity index (χ0) is 20.7. The number of hydrogen-bond acceptors (Lipinski definition) is 6. The highest BCUT2D eigenvalue weighted by molar-refractivity contribution is 6.30. The Bertz CT molecular complexity index is 1160. The molecule has 2 heterocycles. The van der Waals surface area contributed by atoms with Gasteiger partial charge in [-0.2, -0.15) is 0 Å². The first-order chi connectivity index (χ1) is 13.9. The number of carbonyl (C=O) groups is 1. The summed E-state index contributed by atoms with van der Waals surface area (Å²) in [6.07, 6.45) is 0. The number of aryl methyl sites for hydroxylation is 1. The van der Waals surface area contributed by atoms with Crippen molar-refractivity contribution in [2.45, 2.75) is 0 Å². The van der Waals surface area contributed by atoms with E-state index in [1.54, 1.807) is 36.3 Å². The minimum Gasteiger partial charge on any atom is -0.509 e. The summed E-state index contributed by atoms with van der Waals surface area (Å²) in [5, 5.41) is 19.3. The maximum absolute atomic E-state index is 11.6. The van der Waals surface area contributed by atoms with Crippen molar-refractivity contribution in [1.29, 1.82) is 5.41 Å². The van der Waals surface area contributed by atoms with Gasteiger partial charge in [-0.25, -0.2) is 9.78 Å². The second kappa shape index (κ2) is 6.97. The van der Waals surface area contributed by atoms with Crippen LogP contribution >= 0.6 is 0 Å². The highest BCUT2D eigenvalue weighted by Crippen LogP contribution is 2.32. The van der Waals surface area contributed by atoms with Gasteiger partial charge in [0.2, 0.25) is 0 Å². The van der Waals surface area contributed by atoms with Crippen molar-refractivity contribution < 1.29 is 19.4 Å². The van der Waals surface area contributed by atoms with E-state index in [4.69, 9.17) is 14.9 Å². The molecule has 0 unspecified atom stereocenters. The van der Waals surface area contributed by atoms with Gasteiger partial charge in [-0.3, -0.25) is 5.41 Å². The lowest BCUT2D eigenvalue weighted by molar-refractivity contribution is 0.0600. The zero-order valence-electron chi connectivity index (χ0n) is 16.3. The standard InChI is InChI=1S/C21H20N4O4/c1-24-16-9-8-14(28-2)10-15(16)23-20(24)18-17(26)11-25(19(18)22)13-6-4-12(5-7-13)21(27)29-3/h4-10,22,26H,11H2,1-3H3. The van der Waals surface area contributed by atoms with E-state index in [1.165, 1.54) is 7.11 Å². The van der Waals surface area contributed by atoms with Crippen LogP contribution in [0.5, 0.6) is 5.75 Å². The van der Waals surface area contributed by atoms with Crippen molar-refractivity contribution >= 4 is 34.1 Å². The Balaban J connectivity index is 1.69. The predicted molar refractivity (Wildman–Crippen MR) is 110 cm³/mol. The van der Waals surface area contributed by atoms with Gasteiger partial charge in [0.25, 0.3) is 0 Å². The van der Waals surface area contributed by atoms with E-state index < -0.39 is 5.97 Å². The third kappa shape index (κ3) is 2.98. The van der Waals surface area contributed by atoms with Crippen LogP contribution in [0.15, 0.2) is 48.2 Å². The monoisotopic (exact) mass is 392 g/mol. The summed E-state index contributed by atoms with van der Waals surface area (Å²) in [6.45, 7) is 0.151. The number of aromatic nitrogens is 2. The SMILES string of the molecule is COC(=O)c1ccc(N2CC(O)=C(c3nc4cc(OC)ccc4n3C)C2=N)cc1. The third-order valence-corrected chi connectivity index (χ3v) is 5.01. The molecule has 1 aliphatic heterocycles. The molecule has 4 rings (SSSR count). The summed E-state index contributed by atoms with van der Waals surface area (Å²) in [5.41, 5.74) is 3.07. The molecule has 2 N–H and O–H groups in total. The molecule has 1 aliphatic rings. The Morgan fingerprint density at radius 3 is 2.55 bits per heavy atom. The summed E-state index contributed by atoms with van der Waals surface area (Å²) >= 11 is 0. The maximum atomic E-state index is 11.6.